The fourth-order valence-corrected chi connectivity index (χ4v) is 2.95. The number of carbonyl (C=O) groups is 1. The molecule has 1 saturated heterocycles. The highest BCUT2D eigenvalue weighted by Crippen LogP contribution is 2.29. The monoisotopic (exact) mass is 254 g/mol. The van der Waals surface area contributed by atoms with E-state index in [0.717, 1.165) is 58.3 Å². The van der Waals surface area contributed by atoms with Gasteiger partial charge in [0.15, 0.2) is 0 Å². The van der Waals surface area contributed by atoms with Crippen LogP contribution in [0.2, 0.25) is 0 Å². The van der Waals surface area contributed by atoms with E-state index in [1.165, 1.54) is 0 Å². The first-order chi connectivity index (χ1) is 8.59. The van der Waals surface area contributed by atoms with E-state index in [2.05, 4.69) is 12.2 Å². The Morgan fingerprint density at radius 1 is 1.39 bits per heavy atom. The first kappa shape index (κ1) is 13.8. The number of rotatable bonds is 3. The van der Waals surface area contributed by atoms with E-state index in [1.54, 1.807) is 0 Å². The van der Waals surface area contributed by atoms with E-state index in [4.69, 9.17) is 10.5 Å². The van der Waals surface area contributed by atoms with Crippen molar-refractivity contribution >= 4 is 5.91 Å². The molecule has 104 valence electrons. The van der Waals surface area contributed by atoms with Crippen LogP contribution in [0.5, 0.6) is 0 Å². The molecule has 0 spiro atoms. The standard InChI is InChI=1S/C14H26N2O2/c1-14(5-7-18-8-6-14)10-16-13(17)11-3-2-4-12(15)9-11/h11-12H,2-10,15H2,1H3,(H,16,17). The van der Waals surface area contributed by atoms with Crippen LogP contribution in [0.4, 0.5) is 0 Å². The van der Waals surface area contributed by atoms with E-state index >= 15 is 0 Å². The molecule has 1 aliphatic carbocycles. The average molecular weight is 254 g/mol. The first-order valence-electron chi connectivity index (χ1n) is 7.20. The van der Waals surface area contributed by atoms with Crippen LogP contribution in [-0.4, -0.2) is 31.7 Å². The molecule has 0 aromatic heterocycles. The van der Waals surface area contributed by atoms with Crippen molar-refractivity contribution in [2.45, 2.75) is 51.5 Å². The molecule has 0 radical (unpaired) electrons. The minimum absolute atomic E-state index is 0.136. The fourth-order valence-electron chi connectivity index (χ4n) is 2.95. The van der Waals surface area contributed by atoms with Crippen LogP contribution in [0.3, 0.4) is 0 Å². The number of hydrogen-bond acceptors (Lipinski definition) is 3. The van der Waals surface area contributed by atoms with E-state index in [1.807, 2.05) is 0 Å². The van der Waals surface area contributed by atoms with Crippen molar-refractivity contribution in [3.63, 3.8) is 0 Å². The number of nitrogens with two attached hydrogens (primary N) is 1. The van der Waals surface area contributed by atoms with Gasteiger partial charge in [0.1, 0.15) is 0 Å². The third-order valence-electron chi connectivity index (χ3n) is 4.47. The van der Waals surface area contributed by atoms with Gasteiger partial charge in [0.25, 0.3) is 0 Å². The Hall–Kier alpha value is -0.610. The molecular weight excluding hydrogens is 228 g/mol. The maximum absolute atomic E-state index is 12.1. The van der Waals surface area contributed by atoms with E-state index in [0.29, 0.717) is 0 Å². The van der Waals surface area contributed by atoms with Crippen molar-refractivity contribution in [3.8, 4) is 0 Å². The second-order valence-electron chi connectivity index (χ2n) is 6.26. The van der Waals surface area contributed by atoms with Crippen molar-refractivity contribution in [1.82, 2.24) is 5.32 Å². The summed E-state index contributed by atoms with van der Waals surface area (Å²) in [6, 6.07) is 0.216. The Bertz CT molecular complexity index is 288. The van der Waals surface area contributed by atoms with Gasteiger partial charge in [0, 0.05) is 31.7 Å². The molecule has 4 nitrogen and oxygen atoms in total. The van der Waals surface area contributed by atoms with Crippen LogP contribution in [-0.2, 0) is 9.53 Å². The van der Waals surface area contributed by atoms with E-state index in [9.17, 15) is 4.79 Å². The lowest BCUT2D eigenvalue weighted by molar-refractivity contribution is -0.127. The molecule has 2 atom stereocenters. The van der Waals surface area contributed by atoms with Crippen molar-refractivity contribution in [2.75, 3.05) is 19.8 Å². The number of carbonyl (C=O) groups excluding carboxylic acids is 1. The zero-order valence-corrected chi connectivity index (χ0v) is 11.4. The van der Waals surface area contributed by atoms with Crippen LogP contribution in [0.15, 0.2) is 0 Å². The Labute approximate surface area is 110 Å². The van der Waals surface area contributed by atoms with Crippen LogP contribution < -0.4 is 11.1 Å². The summed E-state index contributed by atoms with van der Waals surface area (Å²) < 4.78 is 5.37. The number of ether oxygens (including phenoxy) is 1. The molecule has 2 unspecified atom stereocenters. The second-order valence-corrected chi connectivity index (χ2v) is 6.26. The van der Waals surface area contributed by atoms with Gasteiger partial charge in [-0.2, -0.15) is 0 Å². The highest BCUT2D eigenvalue weighted by molar-refractivity contribution is 5.78. The minimum atomic E-state index is 0.136. The summed E-state index contributed by atoms with van der Waals surface area (Å²) in [6.45, 7) is 4.66. The van der Waals surface area contributed by atoms with E-state index in [-0.39, 0.29) is 23.3 Å². The summed E-state index contributed by atoms with van der Waals surface area (Å²) in [7, 11) is 0. The number of hydrogen-bond donors (Lipinski definition) is 2. The van der Waals surface area contributed by atoms with Crippen molar-refractivity contribution in [3.05, 3.63) is 0 Å². The summed E-state index contributed by atoms with van der Waals surface area (Å²) in [6.07, 6.45) is 6.09. The van der Waals surface area contributed by atoms with Crippen molar-refractivity contribution < 1.29 is 9.53 Å². The maximum atomic E-state index is 12.1. The Morgan fingerprint density at radius 3 is 2.78 bits per heavy atom. The predicted octanol–water partition coefficient (Wildman–Crippen LogP) is 1.44. The molecule has 0 bridgehead atoms. The Balaban J connectivity index is 1.76. The molecule has 1 amide bonds. The molecule has 4 heteroatoms. The normalized spacial score (nSPS) is 31.9. The van der Waals surface area contributed by atoms with Gasteiger partial charge in [0.2, 0.25) is 5.91 Å². The molecule has 1 aliphatic heterocycles. The van der Waals surface area contributed by atoms with Gasteiger partial charge in [0.05, 0.1) is 0 Å². The quantitative estimate of drug-likeness (QED) is 0.801. The largest absolute Gasteiger partial charge is 0.381 e. The summed E-state index contributed by atoms with van der Waals surface area (Å²) in [5.74, 6) is 0.343. The Morgan fingerprint density at radius 2 is 2.11 bits per heavy atom. The zero-order chi connectivity index (χ0) is 13.0. The predicted molar refractivity (Wildman–Crippen MR) is 71.1 cm³/mol. The molecule has 2 fully saturated rings. The molecule has 0 aromatic carbocycles. The van der Waals surface area contributed by atoms with Crippen molar-refractivity contribution in [1.29, 1.82) is 0 Å². The Kier molecular flexibility index (Phi) is 4.62. The van der Waals surface area contributed by atoms with Gasteiger partial charge in [-0.3, -0.25) is 4.79 Å². The van der Waals surface area contributed by atoms with Crippen LogP contribution in [0, 0.1) is 11.3 Å². The highest BCUT2D eigenvalue weighted by Gasteiger charge is 2.30. The molecule has 18 heavy (non-hydrogen) atoms. The molecule has 1 heterocycles. The van der Waals surface area contributed by atoms with E-state index < -0.39 is 0 Å². The van der Waals surface area contributed by atoms with Crippen LogP contribution in [0.25, 0.3) is 0 Å². The fraction of sp³-hybridized carbons (Fsp3) is 0.929. The summed E-state index contributed by atoms with van der Waals surface area (Å²) in [5, 5.41) is 3.13. The first-order valence-corrected chi connectivity index (χ1v) is 7.20. The van der Waals surface area contributed by atoms with Gasteiger partial charge < -0.3 is 15.8 Å². The molecule has 0 aromatic rings. The molecular formula is C14H26N2O2. The van der Waals surface area contributed by atoms with Gasteiger partial charge >= 0.3 is 0 Å². The molecule has 2 rings (SSSR count). The third-order valence-corrected chi connectivity index (χ3v) is 4.47. The van der Waals surface area contributed by atoms with Crippen LogP contribution >= 0.6 is 0 Å². The van der Waals surface area contributed by atoms with Gasteiger partial charge in [-0.1, -0.05) is 13.3 Å². The number of amides is 1. The average Bonchev–Trinajstić information content (AvgIpc) is 2.37. The maximum Gasteiger partial charge on any atom is 0.223 e. The summed E-state index contributed by atoms with van der Waals surface area (Å²) in [5.41, 5.74) is 6.14. The smallest absolute Gasteiger partial charge is 0.223 e. The minimum Gasteiger partial charge on any atom is -0.381 e. The molecule has 3 N–H and O–H groups in total. The van der Waals surface area contributed by atoms with Gasteiger partial charge in [-0.05, 0) is 37.5 Å². The zero-order valence-electron chi connectivity index (χ0n) is 11.4. The number of nitrogens with one attached hydrogen (secondary N) is 1. The van der Waals surface area contributed by atoms with Gasteiger partial charge in [-0.15, -0.1) is 0 Å². The SMILES string of the molecule is CC1(CNC(=O)C2CCCC(N)C2)CCOCC1. The molecule has 2 aliphatic rings. The lowest BCUT2D eigenvalue weighted by Gasteiger charge is -2.34. The second kappa shape index (κ2) is 6.02. The highest BCUT2D eigenvalue weighted by atomic mass is 16.5. The van der Waals surface area contributed by atoms with Crippen molar-refractivity contribution in [2.24, 2.45) is 17.1 Å². The topological polar surface area (TPSA) is 64.4 Å². The lowest BCUT2D eigenvalue weighted by atomic mass is 9.81. The van der Waals surface area contributed by atoms with Crippen LogP contribution in [0.1, 0.15) is 45.4 Å². The summed E-state index contributed by atoms with van der Waals surface area (Å²) >= 11 is 0. The van der Waals surface area contributed by atoms with Gasteiger partial charge in [-0.25, -0.2) is 0 Å². The lowest BCUT2D eigenvalue weighted by Crippen LogP contribution is -2.43. The molecule has 1 saturated carbocycles. The third kappa shape index (κ3) is 3.69. The summed E-state index contributed by atoms with van der Waals surface area (Å²) in [4.78, 5) is 12.1.